The molecule has 1 saturated heterocycles. The first-order valence-electron chi connectivity index (χ1n) is 7.99. The Morgan fingerprint density at radius 2 is 2.13 bits per heavy atom. The van der Waals surface area contributed by atoms with Crippen LogP contribution in [0.2, 0.25) is 0 Å². The zero-order chi connectivity index (χ0) is 16.2. The van der Waals surface area contributed by atoms with Crippen LogP contribution in [0.15, 0.2) is 6.07 Å². The zero-order valence-electron chi connectivity index (χ0n) is 14.5. The van der Waals surface area contributed by atoms with Crippen molar-refractivity contribution in [3.63, 3.8) is 0 Å². The predicted octanol–water partition coefficient (Wildman–Crippen LogP) is 1.71. The van der Waals surface area contributed by atoms with E-state index in [0.717, 1.165) is 31.6 Å². The molecule has 0 saturated carbocycles. The van der Waals surface area contributed by atoms with Crippen molar-refractivity contribution in [1.29, 1.82) is 0 Å². The molecule has 0 radical (unpaired) electrons. The van der Waals surface area contributed by atoms with E-state index in [9.17, 15) is 4.79 Å². The molecule has 2 rings (SSSR count). The molecule has 1 aliphatic rings. The van der Waals surface area contributed by atoms with Crippen molar-refractivity contribution in [2.24, 2.45) is 12.5 Å². The Morgan fingerprint density at radius 3 is 2.65 bits per heavy atom. The summed E-state index contributed by atoms with van der Waals surface area (Å²) in [5.74, 6) is 0.257. The first-order valence-corrected chi connectivity index (χ1v) is 7.99. The van der Waals surface area contributed by atoms with Crippen molar-refractivity contribution in [2.45, 2.75) is 32.6 Å². The third-order valence-electron chi connectivity index (χ3n) is 4.46. The number of amides is 1. The summed E-state index contributed by atoms with van der Waals surface area (Å²) in [7, 11) is 3.54. The first kappa shape index (κ1) is 19.9. The number of piperidine rings is 1. The van der Waals surface area contributed by atoms with Crippen LogP contribution in [0.4, 0.5) is 0 Å². The summed E-state index contributed by atoms with van der Waals surface area (Å²) in [5.41, 5.74) is 1.60. The average Bonchev–Trinajstić information content (AvgIpc) is 2.89. The average molecular weight is 345 g/mol. The molecule has 1 fully saturated rings. The Labute approximate surface area is 144 Å². The predicted molar refractivity (Wildman–Crippen MR) is 93.3 cm³/mol. The summed E-state index contributed by atoms with van der Waals surface area (Å²) >= 11 is 0. The summed E-state index contributed by atoms with van der Waals surface area (Å²) < 4.78 is 7.05. The van der Waals surface area contributed by atoms with E-state index >= 15 is 0 Å². The highest BCUT2D eigenvalue weighted by Crippen LogP contribution is 2.28. The summed E-state index contributed by atoms with van der Waals surface area (Å²) in [6.07, 6.45) is 2.04. The molecule has 7 heteroatoms. The number of methoxy groups -OCH3 is 1. The van der Waals surface area contributed by atoms with Crippen molar-refractivity contribution in [3.05, 3.63) is 17.5 Å². The molecule has 132 valence electrons. The fourth-order valence-electron chi connectivity index (χ4n) is 2.98. The maximum atomic E-state index is 12.5. The quantitative estimate of drug-likeness (QED) is 0.824. The lowest BCUT2D eigenvalue weighted by Crippen LogP contribution is -2.47. The Hall–Kier alpha value is -1.11. The number of ether oxygens (including phenoxy) is 1. The number of aromatic nitrogens is 2. The third kappa shape index (κ3) is 4.93. The molecule has 0 aromatic carbocycles. The number of hydrogen-bond acceptors (Lipinski definition) is 4. The molecule has 1 aromatic heterocycles. The molecule has 1 amide bonds. The fourth-order valence-corrected chi connectivity index (χ4v) is 2.98. The second-order valence-electron chi connectivity index (χ2n) is 6.60. The van der Waals surface area contributed by atoms with E-state index in [2.05, 4.69) is 29.6 Å². The molecule has 6 nitrogen and oxygen atoms in total. The van der Waals surface area contributed by atoms with Crippen LogP contribution >= 0.6 is 12.4 Å². The maximum absolute atomic E-state index is 12.5. The van der Waals surface area contributed by atoms with E-state index in [4.69, 9.17) is 4.74 Å². The zero-order valence-corrected chi connectivity index (χ0v) is 15.3. The van der Waals surface area contributed by atoms with Gasteiger partial charge in [-0.05, 0) is 37.9 Å². The molecule has 2 heterocycles. The molecule has 0 atom stereocenters. The Balaban J connectivity index is 0.00000264. The van der Waals surface area contributed by atoms with Crippen LogP contribution in [0.25, 0.3) is 0 Å². The molecule has 0 bridgehead atoms. The number of nitrogens with zero attached hydrogens (tertiary/aromatic N) is 2. The van der Waals surface area contributed by atoms with Crippen molar-refractivity contribution < 1.29 is 9.53 Å². The van der Waals surface area contributed by atoms with Crippen LogP contribution in [0.1, 0.15) is 48.8 Å². The first-order chi connectivity index (χ1) is 10.5. The summed E-state index contributed by atoms with van der Waals surface area (Å²) in [6, 6.07) is 1.88. The largest absolute Gasteiger partial charge is 0.384 e. The highest BCUT2D eigenvalue weighted by atomic mass is 35.5. The van der Waals surface area contributed by atoms with Crippen LogP contribution in [0.3, 0.4) is 0 Å². The molecular weight excluding hydrogens is 316 g/mol. The van der Waals surface area contributed by atoms with Crippen LogP contribution in [0, 0.1) is 5.41 Å². The van der Waals surface area contributed by atoms with Gasteiger partial charge in [-0.25, -0.2) is 0 Å². The van der Waals surface area contributed by atoms with Gasteiger partial charge in [0, 0.05) is 26.1 Å². The lowest BCUT2D eigenvalue weighted by Gasteiger charge is -2.37. The molecule has 2 N–H and O–H groups in total. The molecule has 0 aliphatic carbocycles. The third-order valence-corrected chi connectivity index (χ3v) is 4.46. The molecule has 1 aliphatic heterocycles. The minimum Gasteiger partial charge on any atom is -0.384 e. The van der Waals surface area contributed by atoms with Gasteiger partial charge in [0.1, 0.15) is 5.69 Å². The van der Waals surface area contributed by atoms with E-state index in [1.165, 1.54) is 0 Å². The number of halogens is 1. The second kappa shape index (κ2) is 8.66. The van der Waals surface area contributed by atoms with Crippen LogP contribution < -0.4 is 10.6 Å². The second-order valence-corrected chi connectivity index (χ2v) is 6.60. The van der Waals surface area contributed by atoms with Crippen molar-refractivity contribution in [1.82, 2.24) is 20.4 Å². The van der Waals surface area contributed by atoms with Gasteiger partial charge in [0.2, 0.25) is 0 Å². The molecule has 1 aromatic rings. The number of hydrogen-bond donors (Lipinski definition) is 2. The molecule has 0 spiro atoms. The van der Waals surface area contributed by atoms with Gasteiger partial charge in [-0.15, -0.1) is 12.4 Å². The van der Waals surface area contributed by atoms with E-state index < -0.39 is 0 Å². The van der Waals surface area contributed by atoms with Crippen molar-refractivity contribution in [3.8, 4) is 0 Å². The summed E-state index contributed by atoms with van der Waals surface area (Å²) in [5, 5.41) is 10.8. The van der Waals surface area contributed by atoms with Crippen molar-refractivity contribution >= 4 is 18.3 Å². The molecule has 23 heavy (non-hydrogen) atoms. The van der Waals surface area contributed by atoms with Gasteiger partial charge in [0.15, 0.2) is 0 Å². The topological polar surface area (TPSA) is 68.2 Å². The number of nitrogens with one attached hydrogen (secondary N) is 2. The van der Waals surface area contributed by atoms with Crippen LogP contribution in [0.5, 0.6) is 0 Å². The lowest BCUT2D eigenvalue weighted by molar-refractivity contribution is 0.0510. The Morgan fingerprint density at radius 1 is 1.48 bits per heavy atom. The van der Waals surface area contributed by atoms with E-state index in [1.807, 2.05) is 13.1 Å². The normalized spacial score (nSPS) is 16.9. The minimum absolute atomic E-state index is 0. The smallest absolute Gasteiger partial charge is 0.269 e. The standard InChI is InChI=1S/C16H28N4O2.ClH/c1-12(2)13-9-14(20(3)19-13)15(21)18-10-16(11-22-4)5-7-17-8-6-16;/h9,12,17H,5-8,10-11H2,1-4H3,(H,18,21);1H. The lowest BCUT2D eigenvalue weighted by atomic mass is 9.79. The maximum Gasteiger partial charge on any atom is 0.269 e. The number of carbonyl (C=O) groups is 1. The van der Waals surface area contributed by atoms with Gasteiger partial charge in [0.05, 0.1) is 12.3 Å². The Kier molecular flexibility index (Phi) is 7.51. The number of carbonyl (C=O) groups excluding carboxylic acids is 1. The minimum atomic E-state index is -0.0593. The SMILES string of the molecule is COCC1(CNC(=O)c2cc(C(C)C)nn2C)CCNCC1.Cl. The van der Waals surface area contributed by atoms with Crippen molar-refractivity contribution in [2.75, 3.05) is 33.4 Å². The fraction of sp³-hybridized carbons (Fsp3) is 0.750. The summed E-state index contributed by atoms with van der Waals surface area (Å²) in [6.45, 7) is 7.42. The molecular formula is C16H29ClN4O2. The van der Waals surface area contributed by atoms with Crippen LogP contribution in [-0.4, -0.2) is 49.0 Å². The van der Waals surface area contributed by atoms with Gasteiger partial charge in [-0.3, -0.25) is 9.48 Å². The van der Waals surface area contributed by atoms with E-state index in [-0.39, 0.29) is 23.7 Å². The monoisotopic (exact) mass is 344 g/mol. The van der Waals surface area contributed by atoms with Gasteiger partial charge in [-0.1, -0.05) is 13.8 Å². The number of rotatable bonds is 6. The van der Waals surface area contributed by atoms with Gasteiger partial charge < -0.3 is 15.4 Å². The Bertz CT molecular complexity index is 505. The van der Waals surface area contributed by atoms with Gasteiger partial charge in [-0.2, -0.15) is 5.10 Å². The molecule has 0 unspecified atom stereocenters. The highest BCUT2D eigenvalue weighted by molar-refractivity contribution is 5.92. The van der Waals surface area contributed by atoms with E-state index in [0.29, 0.717) is 24.8 Å². The van der Waals surface area contributed by atoms with Gasteiger partial charge >= 0.3 is 0 Å². The van der Waals surface area contributed by atoms with E-state index in [1.54, 1.807) is 11.8 Å². The van der Waals surface area contributed by atoms with Gasteiger partial charge in [0.25, 0.3) is 5.91 Å². The number of aryl methyl sites for hydroxylation is 1. The summed E-state index contributed by atoms with van der Waals surface area (Å²) in [4.78, 5) is 12.5. The van der Waals surface area contributed by atoms with Crippen LogP contribution in [-0.2, 0) is 11.8 Å². The highest BCUT2D eigenvalue weighted by Gasteiger charge is 2.32.